The summed E-state index contributed by atoms with van der Waals surface area (Å²) in [6.07, 6.45) is 0. The van der Waals surface area contributed by atoms with Gasteiger partial charge in [-0.25, -0.2) is 0 Å². The quantitative estimate of drug-likeness (QED) is 0.689. The van der Waals surface area contributed by atoms with E-state index in [-0.39, 0.29) is 11.4 Å². The molecule has 0 aliphatic carbocycles. The second kappa shape index (κ2) is 7.80. The zero-order valence-electron chi connectivity index (χ0n) is 15.0. The largest absolute Gasteiger partial charge is 0.365 e. The van der Waals surface area contributed by atoms with Crippen molar-refractivity contribution in [1.29, 1.82) is 0 Å². The van der Waals surface area contributed by atoms with Crippen LogP contribution < -0.4 is 21.5 Å². The van der Waals surface area contributed by atoms with E-state index in [1.54, 1.807) is 0 Å². The molecule has 0 fully saturated rings. The third-order valence-electron chi connectivity index (χ3n) is 3.68. The highest BCUT2D eigenvalue weighted by Gasteiger charge is 2.18. The molecule has 0 aliphatic heterocycles. The summed E-state index contributed by atoms with van der Waals surface area (Å²) in [5.41, 5.74) is 6.38. The van der Waals surface area contributed by atoms with Crippen LogP contribution in [0, 0.1) is 6.92 Å². The van der Waals surface area contributed by atoms with E-state index in [1.165, 1.54) is 0 Å². The molecule has 0 saturated carbocycles. The smallest absolute Gasteiger partial charge is 0.267 e. The molecule has 2 rings (SSSR count). The lowest BCUT2D eigenvalue weighted by atomic mass is 10.2. The Morgan fingerprint density at radius 2 is 2.00 bits per heavy atom. The molecule has 1 amide bonds. The number of primary amides is 1. The van der Waals surface area contributed by atoms with Crippen molar-refractivity contribution in [2.45, 2.75) is 6.92 Å². The van der Waals surface area contributed by atoms with E-state index in [4.69, 9.17) is 5.73 Å². The maximum Gasteiger partial charge on any atom is 0.267 e. The van der Waals surface area contributed by atoms with E-state index in [0.29, 0.717) is 12.5 Å². The molecular weight excluding hydrogens is 320 g/mol. The molecule has 0 bridgehead atoms. The van der Waals surface area contributed by atoms with Crippen molar-refractivity contribution < 1.29 is 4.79 Å². The number of aryl methyl sites for hydroxylation is 1. The molecule has 0 radical (unpaired) electrons. The number of likely N-dealkylation sites (N-methyl/N-ethyl adjacent to an activating group) is 2. The number of carbonyl (C=O) groups excluding carboxylic acids is 1. The molecule has 1 aromatic heterocycles. The number of nitrogens with two attached hydrogens (primary N) is 1. The van der Waals surface area contributed by atoms with Gasteiger partial charge in [0, 0.05) is 25.8 Å². The first kappa shape index (κ1) is 18.5. The number of nitrogens with one attached hydrogen (secondary N) is 2. The van der Waals surface area contributed by atoms with Gasteiger partial charge in [-0.2, -0.15) is 4.98 Å². The first-order chi connectivity index (χ1) is 11.8. The Morgan fingerprint density at radius 3 is 2.60 bits per heavy atom. The standard InChI is InChI=1S/C17H24N6O2/c1-11-6-5-7-12(10-11)19-15-13(14(18)24)16(25)21-17(20-15)23(4)9-8-22(2)3/h5-7,10H,8-9H2,1-4H3,(H2,18,24)(H2,19,20,21,25). The van der Waals surface area contributed by atoms with Crippen molar-refractivity contribution in [2.24, 2.45) is 5.73 Å². The molecule has 4 N–H and O–H groups in total. The summed E-state index contributed by atoms with van der Waals surface area (Å²) in [5.74, 6) is -0.313. The summed E-state index contributed by atoms with van der Waals surface area (Å²) >= 11 is 0. The molecule has 25 heavy (non-hydrogen) atoms. The Hall–Kier alpha value is -2.87. The van der Waals surface area contributed by atoms with E-state index in [0.717, 1.165) is 17.8 Å². The van der Waals surface area contributed by atoms with Gasteiger partial charge in [0.05, 0.1) is 0 Å². The number of hydrogen-bond acceptors (Lipinski definition) is 6. The normalized spacial score (nSPS) is 10.8. The van der Waals surface area contributed by atoms with E-state index in [9.17, 15) is 9.59 Å². The lowest BCUT2D eigenvalue weighted by Gasteiger charge is -2.21. The van der Waals surface area contributed by atoms with Crippen LogP contribution in [0.3, 0.4) is 0 Å². The molecule has 2 aromatic rings. The van der Waals surface area contributed by atoms with Gasteiger partial charge in [-0.3, -0.25) is 14.6 Å². The minimum Gasteiger partial charge on any atom is -0.365 e. The third-order valence-corrected chi connectivity index (χ3v) is 3.68. The highest BCUT2D eigenvalue weighted by molar-refractivity contribution is 5.98. The summed E-state index contributed by atoms with van der Waals surface area (Å²) in [6.45, 7) is 3.40. The molecule has 0 atom stereocenters. The monoisotopic (exact) mass is 344 g/mol. The van der Waals surface area contributed by atoms with Gasteiger partial charge >= 0.3 is 0 Å². The molecular formula is C17H24N6O2. The second-order valence-corrected chi connectivity index (χ2v) is 6.20. The van der Waals surface area contributed by atoms with Crippen LogP contribution in [0.5, 0.6) is 0 Å². The molecule has 1 aromatic carbocycles. The first-order valence-corrected chi connectivity index (χ1v) is 7.91. The van der Waals surface area contributed by atoms with Gasteiger partial charge in [0.25, 0.3) is 11.5 Å². The Bertz CT molecular complexity index is 815. The van der Waals surface area contributed by atoms with Crippen molar-refractivity contribution in [3.05, 3.63) is 45.7 Å². The number of carbonyl (C=O) groups is 1. The predicted molar refractivity (Wildman–Crippen MR) is 99.7 cm³/mol. The Morgan fingerprint density at radius 1 is 1.28 bits per heavy atom. The van der Waals surface area contributed by atoms with E-state index in [2.05, 4.69) is 15.3 Å². The first-order valence-electron chi connectivity index (χ1n) is 7.91. The van der Waals surface area contributed by atoms with Crippen LogP contribution in [0.25, 0.3) is 0 Å². The Labute approximate surface area is 146 Å². The van der Waals surface area contributed by atoms with Crippen LogP contribution in [0.4, 0.5) is 17.5 Å². The van der Waals surface area contributed by atoms with Crippen LogP contribution in [-0.4, -0.2) is 55.0 Å². The zero-order chi connectivity index (χ0) is 18.6. The van der Waals surface area contributed by atoms with Crippen molar-refractivity contribution in [1.82, 2.24) is 14.9 Å². The van der Waals surface area contributed by atoms with Crippen LogP contribution >= 0.6 is 0 Å². The van der Waals surface area contributed by atoms with Gasteiger partial charge in [-0.15, -0.1) is 0 Å². The predicted octanol–water partition coefficient (Wildman–Crippen LogP) is 0.919. The van der Waals surface area contributed by atoms with Gasteiger partial charge in [-0.05, 0) is 38.7 Å². The highest BCUT2D eigenvalue weighted by Crippen LogP contribution is 2.19. The van der Waals surface area contributed by atoms with Crippen LogP contribution in [-0.2, 0) is 0 Å². The number of aromatic amines is 1. The Kier molecular flexibility index (Phi) is 5.76. The molecule has 0 spiro atoms. The fourth-order valence-electron chi connectivity index (χ4n) is 2.28. The number of aromatic nitrogens is 2. The van der Waals surface area contributed by atoms with Gasteiger partial charge in [0.1, 0.15) is 5.56 Å². The second-order valence-electron chi connectivity index (χ2n) is 6.20. The summed E-state index contributed by atoms with van der Waals surface area (Å²) < 4.78 is 0. The van der Waals surface area contributed by atoms with Gasteiger partial charge in [0.2, 0.25) is 5.95 Å². The fraction of sp³-hybridized carbons (Fsp3) is 0.353. The average Bonchev–Trinajstić information content (AvgIpc) is 2.51. The summed E-state index contributed by atoms with van der Waals surface area (Å²) in [5, 5.41) is 3.03. The summed E-state index contributed by atoms with van der Waals surface area (Å²) in [4.78, 5) is 34.9. The molecule has 8 nitrogen and oxygen atoms in total. The average molecular weight is 344 g/mol. The zero-order valence-corrected chi connectivity index (χ0v) is 15.0. The SMILES string of the molecule is Cc1cccc(Nc2nc(N(C)CCN(C)C)[nH]c(=O)c2C(N)=O)c1. The summed E-state index contributed by atoms with van der Waals surface area (Å²) in [7, 11) is 5.75. The maximum atomic E-state index is 12.3. The van der Waals surface area contributed by atoms with Crippen LogP contribution in [0.15, 0.2) is 29.1 Å². The van der Waals surface area contributed by atoms with Gasteiger partial charge in [0.15, 0.2) is 5.82 Å². The number of anilines is 3. The Balaban J connectivity index is 2.41. The van der Waals surface area contributed by atoms with Crippen molar-refractivity contribution in [3.63, 3.8) is 0 Å². The molecule has 0 unspecified atom stereocenters. The number of hydrogen-bond donors (Lipinski definition) is 3. The van der Waals surface area contributed by atoms with Crippen molar-refractivity contribution >= 4 is 23.4 Å². The number of nitrogens with zero attached hydrogens (tertiary/aromatic N) is 3. The van der Waals surface area contributed by atoms with Gasteiger partial charge in [-0.1, -0.05) is 12.1 Å². The van der Waals surface area contributed by atoms with Gasteiger partial charge < -0.3 is 20.9 Å². The molecule has 0 aliphatic rings. The highest BCUT2D eigenvalue weighted by atomic mass is 16.2. The topological polar surface area (TPSA) is 107 Å². The maximum absolute atomic E-state index is 12.3. The number of rotatable bonds is 7. The number of H-pyrrole nitrogens is 1. The van der Waals surface area contributed by atoms with E-state index >= 15 is 0 Å². The minimum absolute atomic E-state index is 0.147. The van der Waals surface area contributed by atoms with Crippen LogP contribution in [0.2, 0.25) is 0 Å². The summed E-state index contributed by atoms with van der Waals surface area (Å²) in [6, 6.07) is 7.55. The number of amides is 1. The van der Waals surface area contributed by atoms with Crippen LogP contribution in [0.1, 0.15) is 15.9 Å². The molecule has 8 heteroatoms. The minimum atomic E-state index is -0.827. The lowest BCUT2D eigenvalue weighted by molar-refractivity contribution is 0.0999. The molecule has 1 heterocycles. The van der Waals surface area contributed by atoms with Crippen molar-refractivity contribution in [3.8, 4) is 0 Å². The van der Waals surface area contributed by atoms with E-state index < -0.39 is 11.5 Å². The molecule has 0 saturated heterocycles. The molecule has 134 valence electrons. The van der Waals surface area contributed by atoms with E-state index in [1.807, 2.05) is 62.1 Å². The third kappa shape index (κ3) is 4.80. The number of benzene rings is 1. The lowest BCUT2D eigenvalue weighted by Crippen LogP contribution is -2.33. The van der Waals surface area contributed by atoms with Crippen molar-refractivity contribution in [2.75, 3.05) is 44.4 Å². The fourth-order valence-corrected chi connectivity index (χ4v) is 2.28.